The molecule has 4 heteroatoms. The van der Waals surface area contributed by atoms with Gasteiger partial charge in [-0.3, -0.25) is 14.5 Å². The Labute approximate surface area is 111 Å². The number of anilines is 1. The fourth-order valence-corrected chi connectivity index (χ4v) is 4.26. The van der Waals surface area contributed by atoms with E-state index in [1.165, 1.54) is 17.0 Å². The highest BCUT2D eigenvalue weighted by Crippen LogP contribution is 2.56. The molecule has 0 aromatic heterocycles. The lowest BCUT2D eigenvalue weighted by atomic mass is 9.81. The maximum absolute atomic E-state index is 12.5. The fraction of sp³-hybridized carbons (Fsp3) is 0.467. The molecule has 3 aliphatic rings. The molecule has 1 aliphatic heterocycles. The van der Waals surface area contributed by atoms with Crippen LogP contribution in [0.1, 0.15) is 19.3 Å². The molecule has 2 amide bonds. The van der Waals surface area contributed by atoms with Crippen molar-refractivity contribution >= 4 is 17.5 Å². The summed E-state index contributed by atoms with van der Waals surface area (Å²) in [7, 11) is 0. The van der Waals surface area contributed by atoms with Crippen molar-refractivity contribution in [1.29, 1.82) is 0 Å². The van der Waals surface area contributed by atoms with Crippen LogP contribution in [0, 0.1) is 23.7 Å². The van der Waals surface area contributed by atoms with Crippen molar-refractivity contribution in [2.24, 2.45) is 23.7 Å². The summed E-state index contributed by atoms with van der Waals surface area (Å²) in [5.41, 5.74) is 0.585. The number of fused-ring (bicyclic) bond motifs is 5. The number of imide groups is 1. The Morgan fingerprint density at radius 1 is 0.947 bits per heavy atom. The number of phenols is 1. The van der Waals surface area contributed by atoms with E-state index in [0.717, 1.165) is 19.3 Å². The summed E-state index contributed by atoms with van der Waals surface area (Å²) >= 11 is 0. The number of rotatable bonds is 1. The van der Waals surface area contributed by atoms with Gasteiger partial charge in [-0.25, -0.2) is 0 Å². The largest absolute Gasteiger partial charge is 0.508 e. The second-order valence-electron chi connectivity index (χ2n) is 5.91. The minimum Gasteiger partial charge on any atom is -0.508 e. The second-order valence-corrected chi connectivity index (χ2v) is 5.91. The monoisotopic (exact) mass is 257 g/mol. The van der Waals surface area contributed by atoms with Gasteiger partial charge in [-0.2, -0.15) is 0 Å². The molecule has 19 heavy (non-hydrogen) atoms. The van der Waals surface area contributed by atoms with E-state index in [1.807, 2.05) is 0 Å². The molecule has 3 fully saturated rings. The molecule has 0 spiro atoms. The van der Waals surface area contributed by atoms with Crippen molar-refractivity contribution in [2.75, 3.05) is 4.90 Å². The van der Waals surface area contributed by atoms with Gasteiger partial charge in [0.2, 0.25) is 11.8 Å². The summed E-state index contributed by atoms with van der Waals surface area (Å²) in [6.07, 6.45) is 3.23. The Bertz CT molecular complexity index is 537. The van der Waals surface area contributed by atoms with Gasteiger partial charge in [0, 0.05) is 0 Å². The highest BCUT2D eigenvalue weighted by atomic mass is 16.3. The number of hydrogen-bond acceptors (Lipinski definition) is 3. The Kier molecular flexibility index (Phi) is 2.08. The smallest absolute Gasteiger partial charge is 0.237 e. The van der Waals surface area contributed by atoms with Crippen molar-refractivity contribution in [3.05, 3.63) is 24.3 Å². The van der Waals surface area contributed by atoms with E-state index in [-0.39, 0.29) is 29.4 Å². The minimum atomic E-state index is -0.0833. The van der Waals surface area contributed by atoms with Gasteiger partial charge in [-0.05, 0) is 55.4 Å². The molecule has 2 aliphatic carbocycles. The average molecular weight is 257 g/mol. The summed E-state index contributed by atoms with van der Waals surface area (Å²) in [6, 6.07) is 6.29. The standard InChI is InChI=1S/C15H15NO3/c17-11-5-3-10(4-6-11)16-14(18)12-8-1-2-9(7-8)13(12)15(16)19/h3-6,8-9,12-13,17H,1-2,7H2. The minimum absolute atomic E-state index is 0.0344. The van der Waals surface area contributed by atoms with E-state index in [1.54, 1.807) is 12.1 Å². The zero-order valence-corrected chi connectivity index (χ0v) is 10.5. The van der Waals surface area contributed by atoms with Crippen LogP contribution in [0.25, 0.3) is 0 Å². The molecule has 1 N–H and O–H groups in total. The van der Waals surface area contributed by atoms with E-state index in [4.69, 9.17) is 0 Å². The van der Waals surface area contributed by atoms with E-state index in [9.17, 15) is 14.7 Å². The Hall–Kier alpha value is -1.84. The molecule has 1 heterocycles. The zero-order valence-electron chi connectivity index (χ0n) is 10.5. The van der Waals surface area contributed by atoms with Crippen LogP contribution in [0.3, 0.4) is 0 Å². The van der Waals surface area contributed by atoms with Crippen LogP contribution < -0.4 is 4.90 Å². The van der Waals surface area contributed by atoms with Crippen LogP contribution in [0.15, 0.2) is 24.3 Å². The lowest BCUT2D eigenvalue weighted by Gasteiger charge is -2.19. The van der Waals surface area contributed by atoms with E-state index in [2.05, 4.69) is 0 Å². The molecule has 2 saturated carbocycles. The first-order chi connectivity index (χ1) is 9.16. The van der Waals surface area contributed by atoms with Crippen LogP contribution in [0.2, 0.25) is 0 Å². The van der Waals surface area contributed by atoms with Gasteiger partial charge in [-0.15, -0.1) is 0 Å². The maximum Gasteiger partial charge on any atom is 0.237 e. The summed E-state index contributed by atoms with van der Waals surface area (Å²) in [5, 5.41) is 9.30. The van der Waals surface area contributed by atoms with Gasteiger partial charge in [0.15, 0.2) is 0 Å². The van der Waals surface area contributed by atoms with Gasteiger partial charge in [-0.1, -0.05) is 0 Å². The first kappa shape index (κ1) is 11.0. The van der Waals surface area contributed by atoms with Crippen molar-refractivity contribution in [3.8, 4) is 5.75 Å². The maximum atomic E-state index is 12.5. The van der Waals surface area contributed by atoms with Crippen molar-refractivity contribution in [1.82, 2.24) is 0 Å². The van der Waals surface area contributed by atoms with Gasteiger partial charge in [0.05, 0.1) is 17.5 Å². The van der Waals surface area contributed by atoms with Crippen LogP contribution in [-0.2, 0) is 9.59 Å². The van der Waals surface area contributed by atoms with Gasteiger partial charge in [0.25, 0.3) is 0 Å². The molecule has 0 radical (unpaired) electrons. The van der Waals surface area contributed by atoms with E-state index >= 15 is 0 Å². The lowest BCUT2D eigenvalue weighted by molar-refractivity contribution is -0.123. The zero-order chi connectivity index (χ0) is 13.1. The molecule has 98 valence electrons. The number of hydrogen-bond donors (Lipinski definition) is 1. The van der Waals surface area contributed by atoms with E-state index in [0.29, 0.717) is 17.5 Å². The lowest BCUT2D eigenvalue weighted by Crippen LogP contribution is -2.32. The summed E-state index contributed by atoms with van der Waals surface area (Å²) in [4.78, 5) is 26.4. The van der Waals surface area contributed by atoms with Crippen LogP contribution in [0.4, 0.5) is 5.69 Å². The van der Waals surface area contributed by atoms with Crippen molar-refractivity contribution < 1.29 is 14.7 Å². The molecule has 1 saturated heterocycles. The molecule has 4 atom stereocenters. The van der Waals surface area contributed by atoms with Crippen molar-refractivity contribution in [3.63, 3.8) is 0 Å². The molecule has 2 bridgehead atoms. The fourth-order valence-electron chi connectivity index (χ4n) is 4.26. The van der Waals surface area contributed by atoms with Crippen LogP contribution in [-0.4, -0.2) is 16.9 Å². The normalized spacial score (nSPS) is 36.1. The average Bonchev–Trinajstić information content (AvgIpc) is 3.06. The van der Waals surface area contributed by atoms with Gasteiger partial charge >= 0.3 is 0 Å². The molecule has 1 aromatic rings. The van der Waals surface area contributed by atoms with Crippen molar-refractivity contribution in [2.45, 2.75) is 19.3 Å². The molecule has 1 aromatic carbocycles. The molecule has 4 nitrogen and oxygen atoms in total. The highest BCUT2D eigenvalue weighted by molar-refractivity contribution is 6.22. The number of phenolic OH excluding ortho intramolecular Hbond substituents is 1. The number of carbonyl (C=O) groups excluding carboxylic acids is 2. The molecular formula is C15H15NO3. The third-order valence-corrected chi connectivity index (χ3v) is 5.04. The summed E-state index contributed by atoms with van der Waals surface area (Å²) < 4.78 is 0. The third-order valence-electron chi connectivity index (χ3n) is 5.04. The third kappa shape index (κ3) is 1.34. The quantitative estimate of drug-likeness (QED) is 0.782. The van der Waals surface area contributed by atoms with Crippen LogP contribution >= 0.6 is 0 Å². The molecule has 4 unspecified atom stereocenters. The number of benzene rings is 1. The number of amides is 2. The first-order valence-electron chi connectivity index (χ1n) is 6.83. The Balaban J connectivity index is 1.73. The SMILES string of the molecule is O=C1C2C3CCC(C3)C2C(=O)N1c1ccc(O)cc1. The van der Waals surface area contributed by atoms with Gasteiger partial charge in [0.1, 0.15) is 5.75 Å². The topological polar surface area (TPSA) is 57.6 Å². The molecular weight excluding hydrogens is 242 g/mol. The summed E-state index contributed by atoms with van der Waals surface area (Å²) in [5.74, 6) is 0.728. The predicted octanol–water partition coefficient (Wildman–Crippen LogP) is 1.93. The number of aromatic hydroxyl groups is 1. The highest BCUT2D eigenvalue weighted by Gasteiger charge is 2.61. The molecule has 4 rings (SSSR count). The number of nitrogens with zero attached hydrogens (tertiary/aromatic N) is 1. The van der Waals surface area contributed by atoms with Crippen LogP contribution in [0.5, 0.6) is 5.75 Å². The Morgan fingerprint density at radius 2 is 1.47 bits per heavy atom. The second kappa shape index (κ2) is 3.59. The van der Waals surface area contributed by atoms with E-state index < -0.39 is 0 Å². The summed E-state index contributed by atoms with van der Waals surface area (Å²) in [6.45, 7) is 0. The number of carbonyl (C=O) groups is 2. The predicted molar refractivity (Wildman–Crippen MR) is 68.4 cm³/mol. The van der Waals surface area contributed by atoms with Gasteiger partial charge < -0.3 is 5.11 Å². The first-order valence-corrected chi connectivity index (χ1v) is 6.83. The Morgan fingerprint density at radius 3 is 2.00 bits per heavy atom.